The predicted molar refractivity (Wildman–Crippen MR) is 94.9 cm³/mol. The van der Waals surface area contributed by atoms with Crippen LogP contribution in [0.1, 0.15) is 21.6 Å². The van der Waals surface area contributed by atoms with Crippen molar-refractivity contribution in [2.45, 2.75) is 6.54 Å². The van der Waals surface area contributed by atoms with Crippen molar-refractivity contribution in [1.29, 1.82) is 5.26 Å². The third kappa shape index (κ3) is 4.39. The number of rotatable bonds is 5. The maximum absolute atomic E-state index is 12.3. The normalized spacial score (nSPS) is 9.88. The average molecular weight is 329 g/mol. The Kier molecular flexibility index (Phi) is 4.98. The van der Waals surface area contributed by atoms with Gasteiger partial charge in [-0.25, -0.2) is 0 Å². The highest BCUT2D eigenvalue weighted by atomic mass is 16.1. The van der Waals surface area contributed by atoms with Crippen molar-refractivity contribution in [2.24, 2.45) is 0 Å². The van der Waals surface area contributed by atoms with E-state index in [4.69, 9.17) is 5.26 Å². The van der Waals surface area contributed by atoms with Gasteiger partial charge < -0.3 is 10.6 Å². The molecule has 6 heteroatoms. The van der Waals surface area contributed by atoms with Crippen LogP contribution >= 0.6 is 0 Å². The van der Waals surface area contributed by atoms with Crippen LogP contribution in [-0.4, -0.2) is 15.9 Å². The zero-order valence-electron chi connectivity index (χ0n) is 13.3. The smallest absolute Gasteiger partial charge is 0.257 e. The minimum atomic E-state index is -0.265. The summed E-state index contributed by atoms with van der Waals surface area (Å²) in [6, 6.07) is 16.1. The molecule has 0 saturated heterocycles. The second kappa shape index (κ2) is 7.70. The molecule has 0 fully saturated rings. The largest absolute Gasteiger partial charge is 0.378 e. The number of carbonyl (C=O) groups excluding carboxylic acids is 1. The number of nitrogens with one attached hydrogen (secondary N) is 2. The Hall–Kier alpha value is -3.72. The van der Waals surface area contributed by atoms with Gasteiger partial charge in [0.05, 0.1) is 35.1 Å². The van der Waals surface area contributed by atoms with Crippen molar-refractivity contribution in [3.8, 4) is 6.07 Å². The molecule has 3 aromatic rings. The maximum Gasteiger partial charge on any atom is 0.257 e. The van der Waals surface area contributed by atoms with Gasteiger partial charge in [-0.1, -0.05) is 6.07 Å². The highest BCUT2D eigenvalue weighted by Gasteiger charge is 2.08. The molecule has 0 aliphatic rings. The van der Waals surface area contributed by atoms with Crippen LogP contribution in [-0.2, 0) is 6.54 Å². The van der Waals surface area contributed by atoms with Crippen molar-refractivity contribution in [1.82, 2.24) is 9.97 Å². The second-order valence-corrected chi connectivity index (χ2v) is 5.28. The molecule has 0 radical (unpaired) electrons. The van der Waals surface area contributed by atoms with Crippen LogP contribution < -0.4 is 10.6 Å². The summed E-state index contributed by atoms with van der Waals surface area (Å²) in [6.45, 7) is 0.545. The van der Waals surface area contributed by atoms with Gasteiger partial charge in [0.2, 0.25) is 0 Å². The molecule has 0 aliphatic carbocycles. The number of hydrogen-bond donors (Lipinski definition) is 2. The molecule has 25 heavy (non-hydrogen) atoms. The van der Waals surface area contributed by atoms with E-state index in [2.05, 4.69) is 20.6 Å². The average Bonchev–Trinajstić information content (AvgIpc) is 2.68. The first-order valence-corrected chi connectivity index (χ1v) is 7.65. The van der Waals surface area contributed by atoms with Crippen molar-refractivity contribution in [3.05, 3.63) is 83.9 Å². The molecule has 1 amide bonds. The van der Waals surface area contributed by atoms with Gasteiger partial charge in [0, 0.05) is 24.3 Å². The van der Waals surface area contributed by atoms with Crippen LogP contribution in [0, 0.1) is 11.3 Å². The fourth-order valence-electron chi connectivity index (χ4n) is 2.19. The van der Waals surface area contributed by atoms with Crippen molar-refractivity contribution >= 4 is 17.3 Å². The molecule has 3 rings (SSSR count). The molecule has 0 aliphatic heterocycles. The van der Waals surface area contributed by atoms with E-state index in [9.17, 15) is 4.79 Å². The standard InChI is InChI=1S/C19H15N5O/c20-10-14-4-6-16(7-5-14)24-19(25)15-9-18(12-21-11-15)23-13-17-3-1-2-8-22-17/h1-9,11-12,23H,13H2,(H,24,25). The first-order valence-electron chi connectivity index (χ1n) is 7.65. The van der Waals surface area contributed by atoms with Gasteiger partial charge in [0.25, 0.3) is 5.91 Å². The van der Waals surface area contributed by atoms with E-state index in [1.165, 1.54) is 6.20 Å². The summed E-state index contributed by atoms with van der Waals surface area (Å²) < 4.78 is 0. The third-order valence-corrected chi connectivity index (χ3v) is 3.47. The Morgan fingerprint density at radius 3 is 2.64 bits per heavy atom. The van der Waals surface area contributed by atoms with Crippen molar-refractivity contribution in [3.63, 3.8) is 0 Å². The number of benzene rings is 1. The van der Waals surface area contributed by atoms with Gasteiger partial charge in [-0.05, 0) is 42.5 Å². The van der Waals surface area contributed by atoms with E-state index in [1.807, 2.05) is 24.3 Å². The third-order valence-electron chi connectivity index (χ3n) is 3.47. The highest BCUT2D eigenvalue weighted by Crippen LogP contribution is 2.13. The Balaban J connectivity index is 1.65. The summed E-state index contributed by atoms with van der Waals surface area (Å²) >= 11 is 0. The quantitative estimate of drug-likeness (QED) is 0.750. The van der Waals surface area contributed by atoms with E-state index in [0.717, 1.165) is 11.4 Å². The summed E-state index contributed by atoms with van der Waals surface area (Å²) in [6.07, 6.45) is 4.89. The van der Waals surface area contributed by atoms with Gasteiger partial charge in [-0.3, -0.25) is 14.8 Å². The fourth-order valence-corrected chi connectivity index (χ4v) is 2.19. The van der Waals surface area contributed by atoms with Gasteiger partial charge in [0.1, 0.15) is 0 Å². The predicted octanol–water partition coefficient (Wildman–Crippen LogP) is 3.21. The lowest BCUT2D eigenvalue weighted by Gasteiger charge is -2.08. The Morgan fingerprint density at radius 1 is 1.08 bits per heavy atom. The molecule has 0 bridgehead atoms. The summed E-state index contributed by atoms with van der Waals surface area (Å²) in [5.74, 6) is -0.265. The zero-order chi connectivity index (χ0) is 17.5. The lowest BCUT2D eigenvalue weighted by atomic mass is 10.2. The fraction of sp³-hybridized carbons (Fsp3) is 0.0526. The lowest BCUT2D eigenvalue weighted by molar-refractivity contribution is 0.102. The molecule has 2 aromatic heterocycles. The van der Waals surface area contributed by atoms with Crippen molar-refractivity contribution in [2.75, 3.05) is 10.6 Å². The molecule has 6 nitrogen and oxygen atoms in total. The number of nitrogens with zero attached hydrogens (tertiary/aromatic N) is 3. The minimum absolute atomic E-state index is 0.265. The molecule has 0 spiro atoms. The van der Waals surface area contributed by atoms with Crippen LogP contribution in [0.5, 0.6) is 0 Å². The molecular formula is C19H15N5O. The molecular weight excluding hydrogens is 314 g/mol. The number of pyridine rings is 2. The molecule has 2 heterocycles. The van der Waals surface area contributed by atoms with Gasteiger partial charge in [0.15, 0.2) is 0 Å². The van der Waals surface area contributed by atoms with Crippen LogP contribution in [0.15, 0.2) is 67.1 Å². The molecule has 0 unspecified atom stereocenters. The molecule has 2 N–H and O–H groups in total. The lowest BCUT2D eigenvalue weighted by Crippen LogP contribution is -2.13. The minimum Gasteiger partial charge on any atom is -0.378 e. The van der Waals surface area contributed by atoms with E-state index in [0.29, 0.717) is 23.4 Å². The van der Waals surface area contributed by atoms with Gasteiger partial charge in [-0.15, -0.1) is 0 Å². The SMILES string of the molecule is N#Cc1ccc(NC(=O)c2cncc(NCc3ccccn3)c2)cc1. The first-order chi connectivity index (χ1) is 12.2. The second-order valence-electron chi connectivity index (χ2n) is 5.28. The Labute approximate surface area is 145 Å². The molecule has 0 saturated carbocycles. The van der Waals surface area contributed by atoms with E-state index in [1.54, 1.807) is 42.7 Å². The summed E-state index contributed by atoms with van der Waals surface area (Å²) in [5.41, 5.74) is 3.24. The van der Waals surface area contributed by atoms with Crippen LogP contribution in [0.3, 0.4) is 0 Å². The number of anilines is 2. The zero-order valence-corrected chi connectivity index (χ0v) is 13.3. The first kappa shape index (κ1) is 16.1. The molecule has 122 valence electrons. The number of hydrogen-bond acceptors (Lipinski definition) is 5. The van der Waals surface area contributed by atoms with Crippen LogP contribution in [0.25, 0.3) is 0 Å². The van der Waals surface area contributed by atoms with Gasteiger partial charge in [-0.2, -0.15) is 5.26 Å². The van der Waals surface area contributed by atoms with E-state index in [-0.39, 0.29) is 5.91 Å². The molecule has 1 aromatic carbocycles. The maximum atomic E-state index is 12.3. The Morgan fingerprint density at radius 2 is 1.92 bits per heavy atom. The molecule has 0 atom stereocenters. The Bertz CT molecular complexity index is 901. The van der Waals surface area contributed by atoms with E-state index < -0.39 is 0 Å². The number of aromatic nitrogens is 2. The number of carbonyl (C=O) groups is 1. The monoisotopic (exact) mass is 329 g/mol. The summed E-state index contributed by atoms with van der Waals surface area (Å²) in [4.78, 5) is 20.7. The van der Waals surface area contributed by atoms with Gasteiger partial charge >= 0.3 is 0 Å². The summed E-state index contributed by atoms with van der Waals surface area (Å²) in [7, 11) is 0. The van der Waals surface area contributed by atoms with Crippen LogP contribution in [0.4, 0.5) is 11.4 Å². The number of amides is 1. The topological polar surface area (TPSA) is 90.7 Å². The highest BCUT2D eigenvalue weighted by molar-refractivity contribution is 6.04. The van der Waals surface area contributed by atoms with Crippen LogP contribution in [0.2, 0.25) is 0 Å². The summed E-state index contributed by atoms with van der Waals surface area (Å²) in [5, 5.41) is 14.8. The number of nitriles is 1. The van der Waals surface area contributed by atoms with Crippen molar-refractivity contribution < 1.29 is 4.79 Å². The van der Waals surface area contributed by atoms with E-state index >= 15 is 0 Å².